The fourth-order valence-corrected chi connectivity index (χ4v) is 3.77. The fourth-order valence-electron chi connectivity index (χ4n) is 3.25. The minimum Gasteiger partial charge on any atom is -0.391 e. The number of aliphatic hydroxyl groups excluding tert-OH is 1. The Bertz CT molecular complexity index is 433. The molecule has 0 aliphatic rings. The summed E-state index contributed by atoms with van der Waals surface area (Å²) in [4.78, 5) is 17.7. The van der Waals surface area contributed by atoms with Gasteiger partial charge in [-0.1, -0.05) is 90.4 Å². The highest BCUT2D eigenvalue weighted by atomic mass is 31.2. The van der Waals surface area contributed by atoms with Gasteiger partial charge >= 0.3 is 7.82 Å². The van der Waals surface area contributed by atoms with Gasteiger partial charge in [0, 0.05) is 0 Å². The molecular weight excluding hydrogens is 384 g/mol. The monoisotopic (exact) mass is 425 g/mol. The zero-order valence-electron chi connectivity index (χ0n) is 17.3. The molecule has 3 atom stereocenters. The lowest BCUT2D eigenvalue weighted by molar-refractivity contribution is 0.0650. The SMILES string of the molecule is CCCCCCCCCCCCCCCC(O)C(N)C(C=CF)OP(=O)(O)O. The summed E-state index contributed by atoms with van der Waals surface area (Å²) >= 11 is 0. The summed E-state index contributed by atoms with van der Waals surface area (Å²) in [5, 5.41) is 10.1. The van der Waals surface area contributed by atoms with E-state index in [0.29, 0.717) is 6.42 Å². The highest BCUT2D eigenvalue weighted by Crippen LogP contribution is 2.38. The molecule has 0 heterocycles. The van der Waals surface area contributed by atoms with E-state index < -0.39 is 26.1 Å². The van der Waals surface area contributed by atoms with Crippen molar-refractivity contribution in [3.05, 3.63) is 12.4 Å². The lowest BCUT2D eigenvalue weighted by Crippen LogP contribution is -2.44. The topological polar surface area (TPSA) is 113 Å². The van der Waals surface area contributed by atoms with Crippen LogP contribution in [-0.4, -0.2) is 33.1 Å². The lowest BCUT2D eigenvalue weighted by Gasteiger charge is -2.25. The quantitative estimate of drug-likeness (QED) is 0.169. The predicted octanol–water partition coefficient (Wildman–Crippen LogP) is 5.12. The van der Waals surface area contributed by atoms with Crippen LogP contribution in [0.4, 0.5) is 4.39 Å². The van der Waals surface area contributed by atoms with Gasteiger partial charge in [-0.25, -0.2) is 8.96 Å². The van der Waals surface area contributed by atoms with Gasteiger partial charge in [0.1, 0.15) is 6.10 Å². The Morgan fingerprint density at radius 3 is 1.75 bits per heavy atom. The Balaban J connectivity index is 3.72. The molecule has 0 aromatic heterocycles. The molecule has 0 saturated heterocycles. The zero-order valence-corrected chi connectivity index (χ0v) is 18.2. The van der Waals surface area contributed by atoms with E-state index in [1.807, 2.05) is 0 Å². The molecule has 0 radical (unpaired) electrons. The van der Waals surface area contributed by atoms with Gasteiger partial charge in [0.2, 0.25) is 0 Å². The first kappa shape index (κ1) is 27.7. The highest BCUT2D eigenvalue weighted by molar-refractivity contribution is 7.46. The molecule has 0 aromatic carbocycles. The molecule has 6 nitrogen and oxygen atoms in total. The second kappa shape index (κ2) is 17.5. The van der Waals surface area contributed by atoms with E-state index in [1.165, 1.54) is 64.2 Å². The summed E-state index contributed by atoms with van der Waals surface area (Å²) in [7, 11) is -4.81. The van der Waals surface area contributed by atoms with Crippen LogP contribution in [0, 0.1) is 0 Å². The third-order valence-corrected chi connectivity index (χ3v) is 5.47. The predicted molar refractivity (Wildman–Crippen MR) is 111 cm³/mol. The Labute approximate surface area is 170 Å². The van der Waals surface area contributed by atoms with E-state index in [9.17, 15) is 14.1 Å². The smallest absolute Gasteiger partial charge is 0.391 e. The van der Waals surface area contributed by atoms with Crippen LogP contribution in [0.1, 0.15) is 96.8 Å². The van der Waals surface area contributed by atoms with Gasteiger partial charge in [0.25, 0.3) is 0 Å². The van der Waals surface area contributed by atoms with E-state index in [2.05, 4.69) is 11.4 Å². The maximum atomic E-state index is 12.4. The Hall–Kier alpha value is -0.300. The van der Waals surface area contributed by atoms with Crippen molar-refractivity contribution < 1.29 is 28.4 Å². The van der Waals surface area contributed by atoms with Crippen molar-refractivity contribution in [2.75, 3.05) is 0 Å². The first-order valence-electron chi connectivity index (χ1n) is 10.8. The lowest BCUT2D eigenvalue weighted by atomic mass is 9.99. The molecule has 0 aliphatic carbocycles. The van der Waals surface area contributed by atoms with Crippen LogP contribution in [0.25, 0.3) is 0 Å². The molecule has 28 heavy (non-hydrogen) atoms. The molecule has 168 valence electrons. The summed E-state index contributed by atoms with van der Waals surface area (Å²) in [5.74, 6) is 0. The van der Waals surface area contributed by atoms with Crippen molar-refractivity contribution in [1.82, 2.24) is 0 Å². The van der Waals surface area contributed by atoms with Crippen LogP contribution in [0.15, 0.2) is 12.4 Å². The van der Waals surface area contributed by atoms with Crippen LogP contribution in [0.2, 0.25) is 0 Å². The van der Waals surface area contributed by atoms with Gasteiger partial charge in [0.05, 0.1) is 18.5 Å². The maximum absolute atomic E-state index is 12.4. The second-order valence-electron chi connectivity index (χ2n) is 7.56. The molecule has 3 unspecified atom stereocenters. The molecule has 0 spiro atoms. The van der Waals surface area contributed by atoms with Crippen molar-refractivity contribution >= 4 is 7.82 Å². The summed E-state index contributed by atoms with van der Waals surface area (Å²) < 4.78 is 27.7. The third kappa shape index (κ3) is 16.6. The number of rotatable bonds is 19. The van der Waals surface area contributed by atoms with Crippen LogP contribution < -0.4 is 5.73 Å². The molecule has 0 rings (SSSR count). The summed E-state index contributed by atoms with van der Waals surface area (Å²) in [6.07, 6.45) is 14.8. The fraction of sp³-hybridized carbons (Fsp3) is 0.900. The van der Waals surface area contributed by atoms with Gasteiger partial charge in [-0.05, 0) is 12.5 Å². The van der Waals surface area contributed by atoms with Crippen molar-refractivity contribution in [2.45, 2.75) is 115 Å². The second-order valence-corrected chi connectivity index (χ2v) is 8.75. The Morgan fingerprint density at radius 1 is 0.929 bits per heavy atom. The summed E-state index contributed by atoms with van der Waals surface area (Å²) in [6, 6.07) is -1.10. The molecule has 0 amide bonds. The van der Waals surface area contributed by atoms with Gasteiger partial charge in [0.15, 0.2) is 0 Å². The van der Waals surface area contributed by atoms with Crippen LogP contribution in [-0.2, 0) is 9.09 Å². The first-order chi connectivity index (χ1) is 13.3. The zero-order chi connectivity index (χ0) is 21.3. The van der Waals surface area contributed by atoms with Gasteiger partial charge < -0.3 is 20.6 Å². The van der Waals surface area contributed by atoms with Crippen LogP contribution in [0.3, 0.4) is 0 Å². The van der Waals surface area contributed by atoms with E-state index in [4.69, 9.17) is 15.5 Å². The minimum atomic E-state index is -4.81. The normalized spacial score (nSPS) is 15.8. The van der Waals surface area contributed by atoms with Crippen LogP contribution in [0.5, 0.6) is 0 Å². The van der Waals surface area contributed by atoms with Gasteiger partial charge in [-0.3, -0.25) is 4.52 Å². The van der Waals surface area contributed by atoms with Gasteiger partial charge in [-0.2, -0.15) is 0 Å². The number of aliphatic hydroxyl groups is 1. The summed E-state index contributed by atoms with van der Waals surface area (Å²) in [6.45, 7) is 2.23. The van der Waals surface area contributed by atoms with Crippen molar-refractivity contribution in [3.63, 3.8) is 0 Å². The number of phosphoric acid groups is 1. The van der Waals surface area contributed by atoms with Gasteiger partial charge in [-0.15, -0.1) is 0 Å². The van der Waals surface area contributed by atoms with Crippen LogP contribution >= 0.6 is 7.82 Å². The highest BCUT2D eigenvalue weighted by Gasteiger charge is 2.29. The number of unbranched alkanes of at least 4 members (excludes halogenated alkanes) is 12. The molecule has 5 N–H and O–H groups in total. The van der Waals surface area contributed by atoms with E-state index >= 15 is 0 Å². The largest absolute Gasteiger partial charge is 0.470 e. The standard InChI is InChI=1S/C20H41FNO5P/c1-2-3-4-5-6-7-8-9-10-11-12-13-14-15-18(23)20(22)19(16-17-21)27-28(24,25)26/h16-20,23H,2-15,22H2,1H3,(H2,24,25,26). The molecule has 0 aliphatic heterocycles. The Morgan fingerprint density at radius 2 is 1.36 bits per heavy atom. The summed E-state index contributed by atoms with van der Waals surface area (Å²) in [5.41, 5.74) is 5.77. The van der Waals surface area contributed by atoms with Crippen molar-refractivity contribution in [1.29, 1.82) is 0 Å². The van der Waals surface area contributed by atoms with Crippen molar-refractivity contribution in [2.24, 2.45) is 5.73 Å². The van der Waals surface area contributed by atoms with E-state index in [-0.39, 0.29) is 6.33 Å². The van der Waals surface area contributed by atoms with E-state index in [1.54, 1.807) is 0 Å². The number of phosphoric ester groups is 1. The molecule has 0 saturated carbocycles. The number of hydrogen-bond donors (Lipinski definition) is 4. The first-order valence-corrected chi connectivity index (χ1v) is 12.3. The number of nitrogens with two attached hydrogens (primary N) is 1. The van der Waals surface area contributed by atoms with Crippen molar-refractivity contribution in [3.8, 4) is 0 Å². The number of halogens is 1. The molecule has 0 aromatic rings. The number of hydrogen-bond acceptors (Lipinski definition) is 4. The minimum absolute atomic E-state index is 0.109. The molecular formula is C20H41FNO5P. The molecule has 0 fully saturated rings. The average Bonchev–Trinajstić information content (AvgIpc) is 2.63. The maximum Gasteiger partial charge on any atom is 0.470 e. The average molecular weight is 426 g/mol. The Kier molecular flexibility index (Phi) is 17.4. The third-order valence-electron chi connectivity index (χ3n) is 4.95. The molecule has 8 heteroatoms. The molecule has 0 bridgehead atoms. The van der Waals surface area contributed by atoms with E-state index in [0.717, 1.165) is 25.3 Å².